The van der Waals surface area contributed by atoms with Crippen molar-refractivity contribution < 1.29 is 8.42 Å². The summed E-state index contributed by atoms with van der Waals surface area (Å²) in [7, 11) is 0.350. The van der Waals surface area contributed by atoms with E-state index in [-0.39, 0.29) is 9.92 Å². The minimum atomic E-state index is -3.62. The van der Waals surface area contributed by atoms with Crippen molar-refractivity contribution in [2.45, 2.75) is 37.5 Å². The Bertz CT molecular complexity index is 1240. The van der Waals surface area contributed by atoms with Crippen molar-refractivity contribution >= 4 is 44.3 Å². The summed E-state index contributed by atoms with van der Waals surface area (Å²) in [4.78, 5) is 11.6. The van der Waals surface area contributed by atoms with Crippen molar-refractivity contribution in [2.75, 3.05) is 37.4 Å². The van der Waals surface area contributed by atoms with Crippen LogP contribution in [-0.4, -0.2) is 45.6 Å². The SMILES string of the molecule is Cc1cccc(Cl)c1S(=O)(=O)NCC1CCC(CNc2nc(N(C)C)c3ccccc3n2)CC1. The molecule has 1 saturated carbocycles. The van der Waals surface area contributed by atoms with E-state index in [0.717, 1.165) is 48.9 Å². The van der Waals surface area contributed by atoms with Gasteiger partial charge in [0.05, 0.1) is 10.5 Å². The van der Waals surface area contributed by atoms with Crippen LogP contribution in [0.15, 0.2) is 47.4 Å². The second kappa shape index (κ2) is 10.5. The van der Waals surface area contributed by atoms with Gasteiger partial charge in [0.15, 0.2) is 0 Å². The fourth-order valence-corrected chi connectivity index (χ4v) is 6.55. The number of aryl methyl sites for hydroxylation is 1. The van der Waals surface area contributed by atoms with Crippen LogP contribution < -0.4 is 14.9 Å². The molecule has 1 aliphatic rings. The van der Waals surface area contributed by atoms with E-state index in [1.165, 1.54) is 0 Å². The Hall–Kier alpha value is -2.42. The molecule has 7 nitrogen and oxygen atoms in total. The van der Waals surface area contributed by atoms with Crippen LogP contribution in [0.4, 0.5) is 11.8 Å². The van der Waals surface area contributed by atoms with Gasteiger partial charge in [-0.25, -0.2) is 18.1 Å². The summed E-state index contributed by atoms with van der Waals surface area (Å²) in [6, 6.07) is 13.2. The average molecular weight is 502 g/mol. The van der Waals surface area contributed by atoms with Crippen molar-refractivity contribution in [3.8, 4) is 0 Å². The number of sulfonamides is 1. The Balaban J connectivity index is 1.30. The molecule has 0 aliphatic heterocycles. The lowest BCUT2D eigenvalue weighted by atomic mass is 9.82. The van der Waals surface area contributed by atoms with Crippen LogP contribution in [0.3, 0.4) is 0 Å². The topological polar surface area (TPSA) is 87.2 Å². The van der Waals surface area contributed by atoms with Crippen LogP contribution in [-0.2, 0) is 10.0 Å². The second-order valence-electron chi connectivity index (χ2n) is 9.29. The minimum Gasteiger partial charge on any atom is -0.362 e. The summed E-state index contributed by atoms with van der Waals surface area (Å²) in [6.45, 7) is 3.01. The molecular weight excluding hydrogens is 470 g/mol. The number of hydrogen-bond acceptors (Lipinski definition) is 6. The van der Waals surface area contributed by atoms with Gasteiger partial charge in [-0.3, -0.25) is 0 Å². The van der Waals surface area contributed by atoms with Crippen molar-refractivity contribution in [2.24, 2.45) is 11.8 Å². The van der Waals surface area contributed by atoms with Gasteiger partial charge in [0, 0.05) is 32.6 Å². The van der Waals surface area contributed by atoms with Gasteiger partial charge in [-0.1, -0.05) is 35.9 Å². The second-order valence-corrected chi connectivity index (χ2v) is 11.4. The molecule has 0 radical (unpaired) electrons. The number of para-hydroxylation sites is 1. The lowest BCUT2D eigenvalue weighted by Gasteiger charge is -2.29. The number of anilines is 2. The van der Waals surface area contributed by atoms with E-state index in [9.17, 15) is 8.42 Å². The molecule has 34 heavy (non-hydrogen) atoms. The van der Waals surface area contributed by atoms with Crippen LogP contribution >= 0.6 is 11.6 Å². The standard InChI is InChI=1S/C25H32ClN5O2S/c1-17-7-6-9-21(26)23(17)34(32,33)28-16-19-13-11-18(12-14-19)15-27-25-29-22-10-5-4-8-20(22)24(30-25)31(2)3/h4-10,18-19,28H,11-16H2,1-3H3,(H,27,29,30). The first-order valence-electron chi connectivity index (χ1n) is 11.7. The molecule has 2 N–H and O–H groups in total. The monoisotopic (exact) mass is 501 g/mol. The van der Waals surface area contributed by atoms with E-state index in [2.05, 4.69) is 15.0 Å². The van der Waals surface area contributed by atoms with Gasteiger partial charge < -0.3 is 10.2 Å². The fraction of sp³-hybridized carbons (Fsp3) is 0.440. The number of fused-ring (bicyclic) bond motifs is 1. The quantitative estimate of drug-likeness (QED) is 0.458. The predicted molar refractivity (Wildman–Crippen MR) is 139 cm³/mol. The van der Waals surface area contributed by atoms with Crippen LogP contribution in [0.2, 0.25) is 5.02 Å². The first-order chi connectivity index (χ1) is 16.2. The number of halogens is 1. The van der Waals surface area contributed by atoms with E-state index in [0.29, 0.717) is 29.9 Å². The van der Waals surface area contributed by atoms with Gasteiger partial charge in [-0.05, 0) is 68.2 Å². The Morgan fingerprint density at radius 1 is 0.971 bits per heavy atom. The molecule has 1 aliphatic carbocycles. The lowest BCUT2D eigenvalue weighted by Crippen LogP contribution is -2.32. The molecule has 2 aromatic carbocycles. The molecule has 0 amide bonds. The third kappa shape index (κ3) is 5.62. The molecule has 1 heterocycles. The molecule has 0 spiro atoms. The third-order valence-electron chi connectivity index (χ3n) is 6.52. The lowest BCUT2D eigenvalue weighted by molar-refractivity contribution is 0.284. The molecule has 0 unspecified atom stereocenters. The zero-order valence-electron chi connectivity index (χ0n) is 19.9. The highest BCUT2D eigenvalue weighted by atomic mass is 35.5. The van der Waals surface area contributed by atoms with Crippen molar-refractivity contribution in [3.05, 3.63) is 53.1 Å². The number of benzene rings is 2. The van der Waals surface area contributed by atoms with Crippen molar-refractivity contribution in [1.82, 2.24) is 14.7 Å². The number of nitrogens with zero attached hydrogens (tertiary/aromatic N) is 3. The highest BCUT2D eigenvalue weighted by Crippen LogP contribution is 2.30. The molecular formula is C25H32ClN5O2S. The number of rotatable bonds is 8. The Morgan fingerprint density at radius 3 is 2.32 bits per heavy atom. The van der Waals surface area contributed by atoms with Crippen LogP contribution in [0.25, 0.3) is 10.9 Å². The molecule has 0 atom stereocenters. The van der Waals surface area contributed by atoms with Gasteiger partial charge in [-0.15, -0.1) is 0 Å². The molecule has 182 valence electrons. The van der Waals surface area contributed by atoms with E-state index >= 15 is 0 Å². The van der Waals surface area contributed by atoms with Gasteiger partial charge in [0.25, 0.3) is 0 Å². The van der Waals surface area contributed by atoms with Gasteiger partial charge in [0.1, 0.15) is 10.7 Å². The smallest absolute Gasteiger partial charge is 0.242 e. The average Bonchev–Trinajstić information content (AvgIpc) is 2.81. The molecule has 1 fully saturated rings. The van der Waals surface area contributed by atoms with Crippen molar-refractivity contribution in [3.63, 3.8) is 0 Å². The molecule has 0 saturated heterocycles. The zero-order valence-corrected chi connectivity index (χ0v) is 21.5. The molecule has 3 aromatic rings. The number of hydrogen-bond donors (Lipinski definition) is 2. The van der Waals surface area contributed by atoms with Crippen molar-refractivity contribution in [1.29, 1.82) is 0 Å². The Kier molecular flexibility index (Phi) is 7.60. The maximum atomic E-state index is 12.8. The fourth-order valence-electron chi connectivity index (χ4n) is 4.61. The first-order valence-corrected chi connectivity index (χ1v) is 13.5. The Morgan fingerprint density at radius 2 is 1.65 bits per heavy atom. The van der Waals surface area contributed by atoms with E-state index in [1.54, 1.807) is 25.1 Å². The summed E-state index contributed by atoms with van der Waals surface area (Å²) in [5.74, 6) is 2.38. The summed E-state index contributed by atoms with van der Waals surface area (Å²) in [6.07, 6.45) is 4.05. The summed E-state index contributed by atoms with van der Waals surface area (Å²) >= 11 is 6.16. The van der Waals surface area contributed by atoms with Gasteiger partial charge in [0.2, 0.25) is 16.0 Å². The third-order valence-corrected chi connectivity index (χ3v) is 8.57. The minimum absolute atomic E-state index is 0.182. The van der Waals surface area contributed by atoms with E-state index in [4.69, 9.17) is 16.6 Å². The van der Waals surface area contributed by atoms with Crippen LogP contribution in [0, 0.1) is 18.8 Å². The van der Waals surface area contributed by atoms with Crippen LogP contribution in [0.1, 0.15) is 31.2 Å². The van der Waals surface area contributed by atoms with Gasteiger partial charge in [-0.2, -0.15) is 4.98 Å². The maximum Gasteiger partial charge on any atom is 0.242 e. The molecule has 4 rings (SSSR count). The predicted octanol–water partition coefficient (Wildman–Crippen LogP) is 4.85. The maximum absolute atomic E-state index is 12.8. The highest BCUT2D eigenvalue weighted by molar-refractivity contribution is 7.89. The van der Waals surface area contributed by atoms with Crippen LogP contribution in [0.5, 0.6) is 0 Å². The molecule has 9 heteroatoms. The highest BCUT2D eigenvalue weighted by Gasteiger charge is 2.25. The van der Waals surface area contributed by atoms with E-state index in [1.807, 2.05) is 43.3 Å². The molecule has 1 aromatic heterocycles. The first kappa shape index (κ1) is 24.7. The normalized spacial score (nSPS) is 18.7. The summed E-state index contributed by atoms with van der Waals surface area (Å²) in [5.41, 5.74) is 1.58. The zero-order chi connectivity index (χ0) is 24.3. The molecule has 0 bridgehead atoms. The summed E-state index contributed by atoms with van der Waals surface area (Å²) in [5, 5.41) is 4.73. The number of aromatic nitrogens is 2. The van der Waals surface area contributed by atoms with E-state index < -0.39 is 10.0 Å². The number of nitrogens with one attached hydrogen (secondary N) is 2. The largest absolute Gasteiger partial charge is 0.362 e. The van der Waals surface area contributed by atoms with Gasteiger partial charge >= 0.3 is 0 Å². The Labute approximate surface area is 207 Å². The summed E-state index contributed by atoms with van der Waals surface area (Å²) < 4.78 is 28.4.